The van der Waals surface area contributed by atoms with Crippen molar-refractivity contribution in [3.05, 3.63) is 66.7 Å². The van der Waals surface area contributed by atoms with Crippen LogP contribution in [0, 0.1) is 0 Å². The number of hydrogen-bond donors (Lipinski definition) is 0. The molecule has 0 N–H and O–H groups in total. The molecule has 1 aliphatic rings. The lowest BCUT2D eigenvalue weighted by Crippen LogP contribution is -2.47. The van der Waals surface area contributed by atoms with Gasteiger partial charge in [-0.15, -0.1) is 0 Å². The molecule has 1 amide bonds. The summed E-state index contributed by atoms with van der Waals surface area (Å²) in [6.07, 6.45) is -0.640. The Labute approximate surface area is 150 Å². The second-order valence-electron chi connectivity index (χ2n) is 6.14. The summed E-state index contributed by atoms with van der Waals surface area (Å²) in [6.45, 7) is 1.50. The minimum Gasteiger partial charge on any atom is -0.479 e. The number of benzene rings is 3. The quantitative estimate of drug-likeness (QED) is 0.537. The zero-order chi connectivity index (χ0) is 18.1. The van der Waals surface area contributed by atoms with E-state index in [-0.39, 0.29) is 12.5 Å². The average Bonchev–Trinajstić information content (AvgIpc) is 2.65. The number of hydrogen-bond acceptors (Lipinski definition) is 4. The standard InChI is InChI=1S/C21H17NO4/c1-14-21(24)22(18-8-4-5-9-19(18)25-14)13-20(23)26-17-11-10-15-6-2-3-7-16(15)12-17/h2-12,14H,13H2,1H3. The average molecular weight is 347 g/mol. The van der Waals surface area contributed by atoms with Crippen LogP contribution in [0.15, 0.2) is 66.7 Å². The molecule has 3 aromatic carbocycles. The van der Waals surface area contributed by atoms with Crippen molar-refractivity contribution >= 4 is 28.3 Å². The van der Waals surface area contributed by atoms with Crippen LogP contribution < -0.4 is 14.4 Å². The molecule has 0 fully saturated rings. The monoisotopic (exact) mass is 347 g/mol. The molecule has 1 atom stereocenters. The molecule has 0 spiro atoms. The van der Waals surface area contributed by atoms with E-state index in [0.717, 1.165) is 10.8 Å². The van der Waals surface area contributed by atoms with Crippen molar-refractivity contribution in [3.8, 4) is 11.5 Å². The van der Waals surface area contributed by atoms with E-state index in [1.165, 1.54) is 4.90 Å². The molecule has 0 saturated heterocycles. The Morgan fingerprint density at radius 1 is 1.04 bits per heavy atom. The van der Waals surface area contributed by atoms with Crippen LogP contribution in [0.3, 0.4) is 0 Å². The van der Waals surface area contributed by atoms with Gasteiger partial charge in [-0.3, -0.25) is 9.69 Å². The Morgan fingerprint density at radius 2 is 1.77 bits per heavy atom. The van der Waals surface area contributed by atoms with E-state index in [1.807, 2.05) is 42.5 Å². The van der Waals surface area contributed by atoms with Crippen molar-refractivity contribution in [2.45, 2.75) is 13.0 Å². The van der Waals surface area contributed by atoms with Crippen LogP contribution in [-0.2, 0) is 9.59 Å². The highest BCUT2D eigenvalue weighted by atomic mass is 16.5. The van der Waals surface area contributed by atoms with Crippen LogP contribution >= 0.6 is 0 Å². The summed E-state index contributed by atoms with van der Waals surface area (Å²) in [5, 5.41) is 2.05. The molecule has 5 nitrogen and oxygen atoms in total. The van der Waals surface area contributed by atoms with Gasteiger partial charge in [-0.05, 0) is 42.0 Å². The van der Waals surface area contributed by atoms with Crippen molar-refractivity contribution in [2.24, 2.45) is 0 Å². The molecule has 130 valence electrons. The fourth-order valence-corrected chi connectivity index (χ4v) is 3.05. The molecule has 1 aliphatic heterocycles. The van der Waals surface area contributed by atoms with Gasteiger partial charge in [0.05, 0.1) is 5.69 Å². The number of carbonyl (C=O) groups excluding carboxylic acids is 2. The van der Waals surface area contributed by atoms with Gasteiger partial charge in [0.2, 0.25) is 0 Å². The molecule has 0 radical (unpaired) electrons. The Kier molecular flexibility index (Phi) is 4.05. The molecule has 0 bridgehead atoms. The zero-order valence-corrected chi connectivity index (χ0v) is 14.2. The van der Waals surface area contributed by atoms with E-state index in [1.54, 1.807) is 31.2 Å². The maximum Gasteiger partial charge on any atom is 0.331 e. The number of carbonyl (C=O) groups is 2. The first-order chi connectivity index (χ1) is 12.6. The Bertz CT molecular complexity index is 998. The summed E-state index contributed by atoms with van der Waals surface area (Å²) in [5.74, 6) is 0.269. The van der Waals surface area contributed by atoms with Crippen LogP contribution in [0.4, 0.5) is 5.69 Å². The fraction of sp³-hybridized carbons (Fsp3) is 0.143. The molecule has 1 heterocycles. The number of esters is 1. The Morgan fingerprint density at radius 3 is 2.62 bits per heavy atom. The van der Waals surface area contributed by atoms with E-state index >= 15 is 0 Å². The highest BCUT2D eigenvalue weighted by Crippen LogP contribution is 2.33. The molecule has 0 saturated carbocycles. The first-order valence-corrected chi connectivity index (χ1v) is 8.38. The van der Waals surface area contributed by atoms with Crippen molar-refractivity contribution in [1.82, 2.24) is 0 Å². The zero-order valence-electron chi connectivity index (χ0n) is 14.2. The molecule has 3 aromatic rings. The highest BCUT2D eigenvalue weighted by molar-refractivity contribution is 6.03. The number of amides is 1. The van der Waals surface area contributed by atoms with Crippen molar-refractivity contribution in [3.63, 3.8) is 0 Å². The molecular weight excluding hydrogens is 330 g/mol. The van der Waals surface area contributed by atoms with Crippen molar-refractivity contribution < 1.29 is 19.1 Å². The summed E-state index contributed by atoms with van der Waals surface area (Å²) >= 11 is 0. The van der Waals surface area contributed by atoms with Gasteiger partial charge in [0.25, 0.3) is 5.91 Å². The van der Waals surface area contributed by atoms with E-state index in [0.29, 0.717) is 17.2 Å². The second-order valence-corrected chi connectivity index (χ2v) is 6.14. The number of ether oxygens (including phenoxy) is 2. The maximum absolute atomic E-state index is 12.4. The molecule has 5 heteroatoms. The fourth-order valence-electron chi connectivity index (χ4n) is 3.05. The van der Waals surface area contributed by atoms with Crippen LogP contribution in [-0.4, -0.2) is 24.5 Å². The van der Waals surface area contributed by atoms with Crippen LogP contribution in [0.1, 0.15) is 6.92 Å². The maximum atomic E-state index is 12.4. The SMILES string of the molecule is CC1Oc2ccccc2N(CC(=O)Oc2ccc3ccccc3c2)C1=O. The number of anilines is 1. The Hall–Kier alpha value is -3.34. The Balaban J connectivity index is 1.54. The lowest BCUT2D eigenvalue weighted by molar-refractivity contribution is -0.135. The van der Waals surface area contributed by atoms with Crippen molar-refractivity contribution in [2.75, 3.05) is 11.4 Å². The molecule has 0 aromatic heterocycles. The van der Waals surface area contributed by atoms with Gasteiger partial charge in [-0.2, -0.15) is 0 Å². The van der Waals surface area contributed by atoms with E-state index in [2.05, 4.69) is 0 Å². The summed E-state index contributed by atoms with van der Waals surface area (Å²) in [4.78, 5) is 26.3. The third kappa shape index (κ3) is 2.99. The normalized spacial score (nSPS) is 16.1. The third-order valence-electron chi connectivity index (χ3n) is 4.31. The highest BCUT2D eigenvalue weighted by Gasteiger charge is 2.32. The molecule has 0 aliphatic carbocycles. The summed E-state index contributed by atoms with van der Waals surface area (Å²) in [5.41, 5.74) is 0.575. The molecule has 26 heavy (non-hydrogen) atoms. The van der Waals surface area contributed by atoms with Gasteiger partial charge in [-0.25, -0.2) is 4.79 Å². The topological polar surface area (TPSA) is 55.8 Å². The van der Waals surface area contributed by atoms with Crippen LogP contribution in [0.25, 0.3) is 10.8 Å². The minimum absolute atomic E-state index is 0.170. The second kappa shape index (κ2) is 6.52. The minimum atomic E-state index is -0.640. The summed E-state index contributed by atoms with van der Waals surface area (Å²) in [6, 6.07) is 20.4. The van der Waals surface area contributed by atoms with Crippen LogP contribution in [0.5, 0.6) is 11.5 Å². The van der Waals surface area contributed by atoms with Gasteiger partial charge in [0.15, 0.2) is 6.10 Å². The molecular formula is C21H17NO4. The van der Waals surface area contributed by atoms with E-state index < -0.39 is 12.1 Å². The van der Waals surface area contributed by atoms with Gasteiger partial charge in [-0.1, -0.05) is 42.5 Å². The van der Waals surface area contributed by atoms with Gasteiger partial charge >= 0.3 is 5.97 Å². The van der Waals surface area contributed by atoms with Crippen LogP contribution in [0.2, 0.25) is 0 Å². The predicted molar refractivity (Wildman–Crippen MR) is 98.5 cm³/mol. The number of nitrogens with zero attached hydrogens (tertiary/aromatic N) is 1. The largest absolute Gasteiger partial charge is 0.479 e. The van der Waals surface area contributed by atoms with Gasteiger partial charge < -0.3 is 9.47 Å². The first-order valence-electron chi connectivity index (χ1n) is 8.38. The van der Waals surface area contributed by atoms with E-state index in [4.69, 9.17) is 9.47 Å². The third-order valence-corrected chi connectivity index (χ3v) is 4.31. The lowest BCUT2D eigenvalue weighted by atomic mass is 10.1. The first kappa shape index (κ1) is 16.1. The summed E-state index contributed by atoms with van der Waals surface area (Å²) < 4.78 is 11.0. The van der Waals surface area contributed by atoms with Gasteiger partial charge in [0.1, 0.15) is 18.0 Å². The van der Waals surface area contributed by atoms with E-state index in [9.17, 15) is 9.59 Å². The smallest absolute Gasteiger partial charge is 0.331 e. The van der Waals surface area contributed by atoms with Gasteiger partial charge in [0, 0.05) is 0 Å². The number of para-hydroxylation sites is 2. The number of rotatable bonds is 3. The van der Waals surface area contributed by atoms with Crippen molar-refractivity contribution in [1.29, 1.82) is 0 Å². The number of fused-ring (bicyclic) bond motifs is 2. The molecule has 4 rings (SSSR count). The lowest BCUT2D eigenvalue weighted by Gasteiger charge is -2.32. The summed E-state index contributed by atoms with van der Waals surface area (Å²) in [7, 11) is 0. The molecule has 1 unspecified atom stereocenters. The predicted octanol–water partition coefficient (Wildman–Crippen LogP) is 3.56.